The molecule has 0 saturated heterocycles. The molecule has 3 heterocycles. The predicted octanol–water partition coefficient (Wildman–Crippen LogP) is 4.16. The second-order valence-electron chi connectivity index (χ2n) is 6.75. The van der Waals surface area contributed by atoms with Gasteiger partial charge in [0.25, 0.3) is 5.56 Å². The zero-order chi connectivity index (χ0) is 22.0. The highest BCUT2D eigenvalue weighted by atomic mass is 32.1. The highest BCUT2D eigenvalue weighted by molar-refractivity contribution is 7.17. The number of anilines is 2. The molecular formula is C20H21N3O5S2. The first kappa shape index (κ1) is 21.6. The number of aliphatic carboxylic acids is 1. The smallest absolute Gasteiger partial charge is 0.323 e. The van der Waals surface area contributed by atoms with Crippen molar-refractivity contribution in [2.75, 3.05) is 10.6 Å². The number of thiophene rings is 2. The zero-order valence-electron chi connectivity index (χ0n) is 16.6. The Bertz CT molecular complexity index is 1160. The van der Waals surface area contributed by atoms with Gasteiger partial charge in [-0.15, -0.1) is 11.3 Å². The molecule has 3 aromatic heterocycles. The number of aromatic hydroxyl groups is 1. The van der Waals surface area contributed by atoms with Gasteiger partial charge in [-0.2, -0.15) is 11.3 Å². The number of rotatable bonds is 6. The van der Waals surface area contributed by atoms with Crippen LogP contribution >= 0.6 is 22.7 Å². The van der Waals surface area contributed by atoms with Gasteiger partial charge in [0, 0.05) is 29.2 Å². The summed E-state index contributed by atoms with van der Waals surface area (Å²) in [4.78, 5) is 37.7. The molecule has 3 aromatic rings. The summed E-state index contributed by atoms with van der Waals surface area (Å²) in [5.41, 5.74) is 2.07. The van der Waals surface area contributed by atoms with Crippen LogP contribution in [-0.4, -0.2) is 26.8 Å². The molecule has 0 aliphatic carbocycles. The highest BCUT2D eigenvalue weighted by Gasteiger charge is 2.21. The minimum atomic E-state index is -0.891. The van der Waals surface area contributed by atoms with Crippen LogP contribution in [0.25, 0.3) is 10.4 Å². The monoisotopic (exact) mass is 447 g/mol. The Morgan fingerprint density at radius 2 is 1.90 bits per heavy atom. The molecule has 0 atom stereocenters. The van der Waals surface area contributed by atoms with Crippen molar-refractivity contribution in [1.82, 2.24) is 4.57 Å². The van der Waals surface area contributed by atoms with E-state index >= 15 is 0 Å². The maximum absolute atomic E-state index is 12.7. The third kappa shape index (κ3) is 4.39. The summed E-state index contributed by atoms with van der Waals surface area (Å²) in [5.74, 6) is -1.20. The molecular weight excluding hydrogens is 426 g/mol. The molecule has 2 amide bonds. The fourth-order valence-corrected chi connectivity index (χ4v) is 4.93. The second-order valence-corrected chi connectivity index (χ2v) is 8.63. The number of pyridine rings is 1. The maximum Gasteiger partial charge on any atom is 0.323 e. The van der Waals surface area contributed by atoms with E-state index in [2.05, 4.69) is 10.6 Å². The van der Waals surface area contributed by atoms with Crippen molar-refractivity contribution in [2.45, 2.75) is 26.7 Å². The van der Waals surface area contributed by atoms with Gasteiger partial charge in [-0.05, 0) is 42.7 Å². The Labute approximate surface area is 180 Å². The molecule has 0 unspecified atom stereocenters. The highest BCUT2D eigenvalue weighted by Crippen LogP contribution is 2.42. The largest absolute Gasteiger partial charge is 0.505 e. The summed E-state index contributed by atoms with van der Waals surface area (Å²) in [5, 5.41) is 28.2. The van der Waals surface area contributed by atoms with Crippen LogP contribution in [0.3, 0.4) is 0 Å². The van der Waals surface area contributed by atoms with Gasteiger partial charge in [0.2, 0.25) is 0 Å². The molecule has 0 aliphatic rings. The van der Waals surface area contributed by atoms with E-state index in [0.29, 0.717) is 17.8 Å². The van der Waals surface area contributed by atoms with E-state index in [1.165, 1.54) is 33.3 Å². The van der Waals surface area contributed by atoms with Crippen LogP contribution < -0.4 is 16.2 Å². The Morgan fingerprint density at radius 1 is 1.20 bits per heavy atom. The van der Waals surface area contributed by atoms with Crippen LogP contribution in [0.1, 0.15) is 22.6 Å². The quantitative estimate of drug-likeness (QED) is 0.452. The van der Waals surface area contributed by atoms with Crippen molar-refractivity contribution in [1.29, 1.82) is 0 Å². The summed E-state index contributed by atoms with van der Waals surface area (Å²) < 4.78 is 1.33. The van der Waals surface area contributed by atoms with Crippen LogP contribution in [0.15, 0.2) is 27.7 Å². The number of nitrogens with one attached hydrogen (secondary N) is 2. The molecule has 8 nitrogen and oxygen atoms in total. The number of carbonyl (C=O) groups excluding carboxylic acids is 1. The van der Waals surface area contributed by atoms with E-state index in [1.54, 1.807) is 14.0 Å². The molecule has 3 rings (SSSR count). The lowest BCUT2D eigenvalue weighted by Crippen LogP contribution is -2.28. The van der Waals surface area contributed by atoms with Crippen LogP contribution in [0.2, 0.25) is 0 Å². The zero-order valence-corrected chi connectivity index (χ0v) is 18.2. The first-order valence-corrected chi connectivity index (χ1v) is 10.8. The van der Waals surface area contributed by atoms with Crippen molar-refractivity contribution in [3.05, 3.63) is 49.4 Å². The van der Waals surface area contributed by atoms with Gasteiger partial charge in [-0.3, -0.25) is 14.9 Å². The molecule has 10 heteroatoms. The van der Waals surface area contributed by atoms with Crippen molar-refractivity contribution >= 4 is 46.0 Å². The van der Waals surface area contributed by atoms with Crippen molar-refractivity contribution in [3.63, 3.8) is 0 Å². The van der Waals surface area contributed by atoms with E-state index in [0.717, 1.165) is 20.9 Å². The van der Waals surface area contributed by atoms with E-state index in [9.17, 15) is 19.5 Å². The predicted molar refractivity (Wildman–Crippen MR) is 119 cm³/mol. The topological polar surface area (TPSA) is 121 Å². The van der Waals surface area contributed by atoms with Crippen LogP contribution in [0, 0.1) is 13.8 Å². The first-order valence-electron chi connectivity index (χ1n) is 9.03. The fraction of sp³-hybridized carbons (Fsp3) is 0.250. The third-order valence-corrected chi connectivity index (χ3v) is 6.81. The fourth-order valence-electron chi connectivity index (χ4n) is 2.95. The van der Waals surface area contributed by atoms with E-state index in [4.69, 9.17) is 5.11 Å². The molecule has 0 radical (unpaired) electrons. The average molecular weight is 448 g/mol. The van der Waals surface area contributed by atoms with Gasteiger partial charge in [0.05, 0.1) is 17.0 Å². The van der Waals surface area contributed by atoms with Crippen molar-refractivity contribution in [2.24, 2.45) is 7.05 Å². The van der Waals surface area contributed by atoms with E-state index in [-0.39, 0.29) is 17.9 Å². The van der Waals surface area contributed by atoms with Crippen molar-refractivity contribution in [3.8, 4) is 16.2 Å². The first-order chi connectivity index (χ1) is 14.2. The van der Waals surface area contributed by atoms with Gasteiger partial charge in [-0.1, -0.05) is 0 Å². The summed E-state index contributed by atoms with van der Waals surface area (Å²) in [7, 11) is 1.55. The number of hydrogen-bond donors (Lipinski definition) is 4. The van der Waals surface area contributed by atoms with Crippen LogP contribution in [-0.2, 0) is 18.3 Å². The molecule has 4 N–H and O–H groups in total. The number of hydrogen-bond acceptors (Lipinski definition) is 6. The van der Waals surface area contributed by atoms with Gasteiger partial charge in [0.1, 0.15) is 5.75 Å². The molecule has 158 valence electrons. The van der Waals surface area contributed by atoms with Gasteiger partial charge < -0.3 is 20.1 Å². The second kappa shape index (κ2) is 8.72. The number of aryl methyl sites for hydroxylation is 2. The van der Waals surface area contributed by atoms with E-state index in [1.807, 2.05) is 23.8 Å². The maximum atomic E-state index is 12.7. The minimum absolute atomic E-state index is 0.0106. The SMILES string of the molecule is Cc1c(CCC(=O)O)sc(-c2ccsc2)c1NC(=O)Nc1c(O)cc(C)n(C)c1=O. The normalized spacial score (nSPS) is 10.8. The third-order valence-electron chi connectivity index (χ3n) is 4.72. The molecule has 30 heavy (non-hydrogen) atoms. The Hall–Kier alpha value is -3.11. The Kier molecular flexibility index (Phi) is 6.28. The number of amides is 2. The number of carboxylic acid groups (broad SMARTS) is 1. The molecule has 0 bridgehead atoms. The van der Waals surface area contributed by atoms with Gasteiger partial charge in [0.15, 0.2) is 5.69 Å². The summed E-state index contributed by atoms with van der Waals surface area (Å²) in [6.45, 7) is 3.49. The number of carboxylic acids is 1. The number of carbonyl (C=O) groups is 2. The van der Waals surface area contributed by atoms with Crippen LogP contribution in [0.4, 0.5) is 16.2 Å². The summed E-state index contributed by atoms with van der Waals surface area (Å²) in [6.07, 6.45) is 0.342. The lowest BCUT2D eigenvalue weighted by Gasteiger charge is -2.12. The molecule has 0 aromatic carbocycles. The average Bonchev–Trinajstić information content (AvgIpc) is 3.31. The van der Waals surface area contributed by atoms with Gasteiger partial charge in [-0.25, -0.2) is 4.79 Å². The molecule has 0 spiro atoms. The Morgan fingerprint density at radius 3 is 2.53 bits per heavy atom. The lowest BCUT2D eigenvalue weighted by molar-refractivity contribution is -0.136. The molecule has 0 fully saturated rings. The van der Waals surface area contributed by atoms with Crippen LogP contribution in [0.5, 0.6) is 5.75 Å². The van der Waals surface area contributed by atoms with E-state index < -0.39 is 17.6 Å². The molecule has 0 aliphatic heterocycles. The lowest BCUT2D eigenvalue weighted by atomic mass is 10.1. The number of aromatic nitrogens is 1. The van der Waals surface area contributed by atoms with Gasteiger partial charge >= 0.3 is 12.0 Å². The van der Waals surface area contributed by atoms with Crippen molar-refractivity contribution < 1.29 is 19.8 Å². The Balaban J connectivity index is 1.92. The minimum Gasteiger partial charge on any atom is -0.505 e. The number of urea groups is 1. The summed E-state index contributed by atoms with van der Waals surface area (Å²) in [6, 6.07) is 2.64. The number of nitrogens with zero attached hydrogens (tertiary/aromatic N) is 1. The standard InChI is InChI=1S/C20H21N3O5S2/c1-10-8-13(24)17(19(27)23(10)3)22-20(28)21-16-11(2)14(4-5-15(25)26)30-18(16)12-6-7-29-9-12/h6-9,24H,4-5H2,1-3H3,(H,25,26)(H2,21,22,28). The molecule has 0 saturated carbocycles. The summed E-state index contributed by atoms with van der Waals surface area (Å²) >= 11 is 2.94.